The van der Waals surface area contributed by atoms with E-state index in [1.807, 2.05) is 19.1 Å². The van der Waals surface area contributed by atoms with Gasteiger partial charge < -0.3 is 25.3 Å². The van der Waals surface area contributed by atoms with Crippen molar-refractivity contribution in [2.24, 2.45) is 0 Å². The van der Waals surface area contributed by atoms with Crippen LogP contribution in [0.3, 0.4) is 0 Å². The van der Waals surface area contributed by atoms with Crippen molar-refractivity contribution in [3.63, 3.8) is 0 Å². The minimum atomic E-state index is -1.24. The van der Waals surface area contributed by atoms with E-state index in [4.69, 9.17) is 0 Å². The van der Waals surface area contributed by atoms with Gasteiger partial charge in [0.25, 0.3) is 5.56 Å². The molecule has 0 spiro atoms. The highest BCUT2D eigenvalue weighted by molar-refractivity contribution is 6.08. The van der Waals surface area contributed by atoms with Crippen LogP contribution in [-0.4, -0.2) is 20.6 Å². The Morgan fingerprint density at radius 1 is 1.19 bits per heavy atom. The Labute approximate surface area is 182 Å². The Morgan fingerprint density at radius 3 is 2.62 bits per heavy atom. The minimum Gasteiger partial charge on any atom is -0.761 e. The van der Waals surface area contributed by atoms with E-state index in [1.165, 1.54) is 16.7 Å². The third-order valence-corrected chi connectivity index (χ3v) is 5.56. The summed E-state index contributed by atoms with van der Waals surface area (Å²) in [6.07, 6.45) is 0.721. The Morgan fingerprint density at radius 2 is 1.97 bits per heavy atom. The van der Waals surface area contributed by atoms with E-state index in [9.17, 15) is 24.3 Å². The zero-order valence-electron chi connectivity index (χ0n) is 17.5. The molecule has 0 aliphatic carbocycles. The summed E-state index contributed by atoms with van der Waals surface area (Å²) in [5, 5.41) is 21.8. The highest BCUT2D eigenvalue weighted by Crippen LogP contribution is 2.35. The Balaban J connectivity index is 2.06. The number of rotatable bonds is 6. The maximum Gasteiger partial charge on any atom is 0.353 e. The molecule has 2 aromatic heterocycles. The van der Waals surface area contributed by atoms with Crippen LogP contribution in [0.2, 0.25) is 0 Å². The van der Waals surface area contributed by atoms with E-state index in [-0.39, 0.29) is 34.6 Å². The molecule has 8 heteroatoms. The minimum absolute atomic E-state index is 0.123. The summed E-state index contributed by atoms with van der Waals surface area (Å²) in [6, 6.07) is 12.6. The number of carboxylic acids is 1. The number of pyridine rings is 1. The number of H-pyrrole nitrogens is 1. The largest absolute Gasteiger partial charge is 0.761 e. The topological polar surface area (TPSA) is 110 Å². The number of halogens is 1. The second-order valence-corrected chi connectivity index (χ2v) is 7.61. The van der Waals surface area contributed by atoms with Gasteiger partial charge >= 0.3 is 5.97 Å². The number of carboxylic acid groups (broad SMARTS) is 1. The second kappa shape index (κ2) is 8.32. The maximum atomic E-state index is 14.5. The lowest BCUT2D eigenvalue weighted by Gasteiger charge is -2.14. The van der Waals surface area contributed by atoms with Crippen LogP contribution in [0.25, 0.3) is 22.0 Å². The fourth-order valence-electron chi connectivity index (χ4n) is 3.98. The molecule has 0 amide bonds. The smallest absolute Gasteiger partial charge is 0.353 e. The van der Waals surface area contributed by atoms with Crippen molar-refractivity contribution >= 4 is 22.6 Å². The van der Waals surface area contributed by atoms with Crippen molar-refractivity contribution in [2.75, 3.05) is 5.48 Å². The lowest BCUT2D eigenvalue weighted by atomic mass is 10.0. The molecule has 0 aliphatic heterocycles. The van der Waals surface area contributed by atoms with Crippen molar-refractivity contribution < 1.29 is 14.3 Å². The standard InChI is InChI=1S/C24H21FN3O4/c1-3-14-5-9-20-18(10-14)21(17-7-4-13(2)26-23(17)29)22(24(30)31)28(20)12-15-11-16(27-32)6-8-19(15)25/h4-11,27H,3,12H2,1-2H3,(H,26,29)(H,30,31)/q-1. The number of nitrogens with one attached hydrogen (secondary N) is 2. The van der Waals surface area contributed by atoms with Gasteiger partial charge in [0.15, 0.2) is 0 Å². The Hall–Kier alpha value is -3.91. The summed E-state index contributed by atoms with van der Waals surface area (Å²) >= 11 is 0. The van der Waals surface area contributed by atoms with E-state index in [2.05, 4.69) is 4.98 Å². The quantitative estimate of drug-likeness (QED) is 0.382. The summed E-state index contributed by atoms with van der Waals surface area (Å²) in [5.74, 6) is -1.81. The monoisotopic (exact) mass is 434 g/mol. The molecular formula is C24H21FN3O4-. The molecular weight excluding hydrogens is 413 g/mol. The van der Waals surface area contributed by atoms with E-state index in [0.717, 1.165) is 18.1 Å². The zero-order chi connectivity index (χ0) is 23.0. The van der Waals surface area contributed by atoms with Crippen LogP contribution in [0.5, 0.6) is 0 Å². The SMILES string of the molecule is CCc1ccc2c(c1)c(-c1ccc(C)[nH]c1=O)c(C(=O)O)n2Cc1cc(N[O-])ccc1F. The molecule has 0 fully saturated rings. The van der Waals surface area contributed by atoms with Gasteiger partial charge in [0.2, 0.25) is 0 Å². The van der Waals surface area contributed by atoms with Crippen molar-refractivity contribution in [2.45, 2.75) is 26.8 Å². The molecule has 0 atom stereocenters. The number of aromatic amines is 1. The molecule has 2 heterocycles. The van der Waals surface area contributed by atoms with Gasteiger partial charge in [-0.25, -0.2) is 9.18 Å². The molecule has 7 nitrogen and oxygen atoms in total. The maximum absolute atomic E-state index is 14.5. The van der Waals surface area contributed by atoms with Crippen LogP contribution < -0.4 is 11.0 Å². The third kappa shape index (κ3) is 3.65. The number of aromatic carboxylic acids is 1. The van der Waals surface area contributed by atoms with Gasteiger partial charge in [-0.2, -0.15) is 0 Å². The van der Waals surface area contributed by atoms with Crippen molar-refractivity contribution in [3.05, 3.63) is 92.4 Å². The lowest BCUT2D eigenvalue weighted by Crippen LogP contribution is -2.14. The summed E-state index contributed by atoms with van der Waals surface area (Å²) in [4.78, 5) is 27.9. The molecule has 0 saturated carbocycles. The van der Waals surface area contributed by atoms with Crippen molar-refractivity contribution in [3.8, 4) is 11.1 Å². The van der Waals surface area contributed by atoms with E-state index in [0.29, 0.717) is 16.6 Å². The fraction of sp³-hybridized carbons (Fsp3) is 0.167. The summed E-state index contributed by atoms with van der Waals surface area (Å²) in [6.45, 7) is 3.59. The lowest BCUT2D eigenvalue weighted by molar-refractivity contribution is 0.0687. The molecule has 3 N–H and O–H groups in total. The van der Waals surface area contributed by atoms with Gasteiger partial charge in [-0.1, -0.05) is 13.0 Å². The number of fused-ring (bicyclic) bond motifs is 1. The first kappa shape index (κ1) is 21.3. The number of hydrogen-bond acceptors (Lipinski definition) is 4. The first-order chi connectivity index (χ1) is 15.3. The number of nitrogens with zero attached hydrogens (tertiary/aromatic N) is 1. The molecule has 0 radical (unpaired) electrons. The second-order valence-electron chi connectivity index (χ2n) is 7.61. The van der Waals surface area contributed by atoms with Gasteiger partial charge in [-0.3, -0.25) is 4.79 Å². The molecule has 0 saturated heterocycles. The van der Waals surface area contributed by atoms with Crippen LogP contribution in [0, 0.1) is 17.9 Å². The van der Waals surface area contributed by atoms with Crippen LogP contribution in [-0.2, 0) is 13.0 Å². The van der Waals surface area contributed by atoms with E-state index >= 15 is 0 Å². The van der Waals surface area contributed by atoms with Gasteiger partial charge in [0.1, 0.15) is 11.5 Å². The molecule has 4 aromatic rings. The van der Waals surface area contributed by atoms with Crippen molar-refractivity contribution in [1.29, 1.82) is 0 Å². The number of aromatic nitrogens is 2. The molecule has 4 rings (SSSR count). The molecule has 0 bridgehead atoms. The van der Waals surface area contributed by atoms with Crippen LogP contribution in [0.4, 0.5) is 10.1 Å². The van der Waals surface area contributed by atoms with Crippen LogP contribution in [0.15, 0.2) is 53.3 Å². The third-order valence-electron chi connectivity index (χ3n) is 5.56. The summed E-state index contributed by atoms with van der Waals surface area (Å²) in [5.41, 5.74) is 4.19. The number of benzene rings is 2. The molecule has 0 unspecified atom stereocenters. The van der Waals surface area contributed by atoms with Gasteiger partial charge in [-0.15, -0.1) is 0 Å². The average Bonchev–Trinajstić information content (AvgIpc) is 3.08. The van der Waals surface area contributed by atoms with Crippen LogP contribution >= 0.6 is 0 Å². The highest BCUT2D eigenvalue weighted by atomic mass is 19.1. The molecule has 0 aliphatic rings. The summed E-state index contributed by atoms with van der Waals surface area (Å²) < 4.78 is 16.0. The number of carbonyl (C=O) groups is 1. The number of hydrogen-bond donors (Lipinski definition) is 3. The normalized spacial score (nSPS) is 11.1. The average molecular weight is 434 g/mol. The molecule has 164 valence electrons. The first-order valence-electron chi connectivity index (χ1n) is 10.1. The van der Waals surface area contributed by atoms with Gasteiger partial charge in [0.05, 0.1) is 12.1 Å². The summed E-state index contributed by atoms with van der Waals surface area (Å²) in [7, 11) is 0. The molecule has 2 aromatic carbocycles. The van der Waals surface area contributed by atoms with Crippen LogP contribution in [0.1, 0.15) is 34.2 Å². The van der Waals surface area contributed by atoms with Gasteiger partial charge in [-0.05, 0) is 61.4 Å². The van der Waals surface area contributed by atoms with E-state index < -0.39 is 17.3 Å². The molecule has 32 heavy (non-hydrogen) atoms. The Kier molecular flexibility index (Phi) is 5.54. The van der Waals surface area contributed by atoms with E-state index in [1.54, 1.807) is 30.6 Å². The number of aryl methyl sites for hydroxylation is 2. The first-order valence-corrected chi connectivity index (χ1v) is 10.1. The predicted octanol–water partition coefficient (Wildman–Crippen LogP) is 4.66. The Bertz CT molecular complexity index is 1400. The van der Waals surface area contributed by atoms with Gasteiger partial charge in [0, 0.05) is 33.4 Å². The van der Waals surface area contributed by atoms with Crippen molar-refractivity contribution in [1.82, 2.24) is 9.55 Å². The fourth-order valence-corrected chi connectivity index (χ4v) is 3.98. The zero-order valence-corrected chi connectivity index (χ0v) is 17.5. The highest BCUT2D eigenvalue weighted by Gasteiger charge is 2.26. The predicted molar refractivity (Wildman–Crippen MR) is 122 cm³/mol. The number of anilines is 1.